The van der Waals surface area contributed by atoms with Crippen LogP contribution >= 0.6 is 23.2 Å². The number of nitrogens with one attached hydrogen (secondary N) is 2. The van der Waals surface area contributed by atoms with Crippen molar-refractivity contribution < 1.29 is 17.9 Å². The van der Waals surface area contributed by atoms with Gasteiger partial charge in [-0.3, -0.25) is 4.79 Å². The molecule has 3 rings (SSSR count). The fourth-order valence-corrected chi connectivity index (χ4v) is 4.78. The van der Waals surface area contributed by atoms with Crippen LogP contribution in [-0.2, 0) is 21.2 Å². The van der Waals surface area contributed by atoms with E-state index in [1.807, 2.05) is 37.3 Å². The van der Waals surface area contributed by atoms with Crippen molar-refractivity contribution in [2.45, 2.75) is 31.2 Å². The average molecular weight is 507 g/mol. The van der Waals surface area contributed by atoms with Gasteiger partial charge in [-0.1, -0.05) is 53.5 Å². The largest absolute Gasteiger partial charge is 0.494 e. The molecular formula is C24H24Cl2N2O4S. The van der Waals surface area contributed by atoms with E-state index in [-0.39, 0.29) is 16.3 Å². The number of hydrogen-bond donors (Lipinski definition) is 2. The number of rotatable bonds is 9. The molecule has 9 heteroatoms. The van der Waals surface area contributed by atoms with Gasteiger partial charge in [0.05, 0.1) is 21.5 Å². The first kappa shape index (κ1) is 25.1. The average Bonchev–Trinajstić information content (AvgIpc) is 2.78. The zero-order valence-corrected chi connectivity index (χ0v) is 20.5. The predicted octanol–water partition coefficient (Wildman–Crippen LogP) is 5.23. The lowest BCUT2D eigenvalue weighted by molar-refractivity contribution is -0.117. The normalized spacial score (nSPS) is 12.2. The van der Waals surface area contributed by atoms with Gasteiger partial charge >= 0.3 is 0 Å². The van der Waals surface area contributed by atoms with E-state index in [4.69, 9.17) is 27.9 Å². The lowest BCUT2D eigenvalue weighted by atomic mass is 10.1. The molecule has 0 radical (unpaired) electrons. The van der Waals surface area contributed by atoms with E-state index in [1.165, 1.54) is 18.2 Å². The van der Waals surface area contributed by atoms with Gasteiger partial charge in [0.2, 0.25) is 15.9 Å². The second kappa shape index (κ2) is 11.0. The van der Waals surface area contributed by atoms with Gasteiger partial charge in [-0.25, -0.2) is 8.42 Å². The van der Waals surface area contributed by atoms with Crippen LogP contribution < -0.4 is 14.8 Å². The molecule has 0 aliphatic heterocycles. The molecule has 0 fully saturated rings. The smallest absolute Gasteiger partial charge is 0.242 e. The summed E-state index contributed by atoms with van der Waals surface area (Å²) in [6.07, 6.45) is 0.156. The molecule has 33 heavy (non-hydrogen) atoms. The first-order valence-corrected chi connectivity index (χ1v) is 12.5. The third kappa shape index (κ3) is 6.71. The molecule has 0 bridgehead atoms. The fraction of sp³-hybridized carbons (Fsp3) is 0.208. The summed E-state index contributed by atoms with van der Waals surface area (Å²) >= 11 is 12.0. The van der Waals surface area contributed by atoms with Crippen molar-refractivity contribution in [3.05, 3.63) is 87.9 Å². The quantitative estimate of drug-likeness (QED) is 0.416. The van der Waals surface area contributed by atoms with Gasteiger partial charge < -0.3 is 10.1 Å². The van der Waals surface area contributed by atoms with Crippen LogP contribution in [0, 0.1) is 6.92 Å². The van der Waals surface area contributed by atoms with Crippen LogP contribution in [0.1, 0.15) is 18.1 Å². The van der Waals surface area contributed by atoms with E-state index < -0.39 is 22.0 Å². The van der Waals surface area contributed by atoms with Gasteiger partial charge in [0.25, 0.3) is 0 Å². The number of benzene rings is 3. The molecule has 0 aromatic heterocycles. The summed E-state index contributed by atoms with van der Waals surface area (Å²) in [4.78, 5) is 13.1. The van der Waals surface area contributed by atoms with Crippen molar-refractivity contribution in [3.8, 4) is 5.75 Å². The van der Waals surface area contributed by atoms with E-state index in [0.717, 1.165) is 5.56 Å². The topological polar surface area (TPSA) is 84.5 Å². The van der Waals surface area contributed by atoms with E-state index in [0.29, 0.717) is 28.6 Å². The molecule has 0 heterocycles. The minimum absolute atomic E-state index is 0.0452. The lowest BCUT2D eigenvalue weighted by Gasteiger charge is -2.19. The summed E-state index contributed by atoms with van der Waals surface area (Å²) in [6.45, 7) is 4.09. The van der Waals surface area contributed by atoms with Gasteiger partial charge in [0, 0.05) is 5.69 Å². The Morgan fingerprint density at radius 1 is 1.00 bits per heavy atom. The molecular weight excluding hydrogens is 483 g/mol. The maximum Gasteiger partial charge on any atom is 0.242 e. The molecule has 3 aromatic carbocycles. The van der Waals surface area contributed by atoms with E-state index in [2.05, 4.69) is 10.0 Å². The first-order valence-electron chi connectivity index (χ1n) is 10.2. The number of sulfonamides is 1. The summed E-state index contributed by atoms with van der Waals surface area (Å²) in [5.41, 5.74) is 1.89. The standard InChI is InChI=1S/C24H24Cl2N2O4S/c1-3-32-23-12-10-19(13-16(23)2)33(30,31)28-22(14-17-7-5-4-6-8-17)24(29)27-18-9-11-20(25)21(26)15-18/h4-13,15,22,28H,3,14H2,1-2H3,(H,27,29). The van der Waals surface area contributed by atoms with Gasteiger partial charge in [-0.15, -0.1) is 0 Å². The second-order valence-corrected chi connectivity index (χ2v) is 9.87. The molecule has 1 unspecified atom stereocenters. The Morgan fingerprint density at radius 2 is 1.73 bits per heavy atom. The zero-order chi connectivity index (χ0) is 24.0. The Balaban J connectivity index is 1.87. The SMILES string of the molecule is CCOc1ccc(S(=O)(=O)NC(Cc2ccccc2)C(=O)Nc2ccc(Cl)c(Cl)c2)cc1C. The Labute approximate surface area is 203 Å². The minimum atomic E-state index is -4.00. The number of carbonyl (C=O) groups excluding carboxylic acids is 1. The molecule has 3 aromatic rings. The fourth-order valence-electron chi connectivity index (χ4n) is 3.20. The number of aryl methyl sites for hydroxylation is 1. The third-order valence-corrected chi connectivity index (χ3v) is 7.05. The second-order valence-electron chi connectivity index (χ2n) is 7.34. The molecule has 174 valence electrons. The lowest BCUT2D eigenvalue weighted by Crippen LogP contribution is -2.45. The number of anilines is 1. The van der Waals surface area contributed by atoms with Crippen molar-refractivity contribution in [2.75, 3.05) is 11.9 Å². The van der Waals surface area contributed by atoms with E-state index in [1.54, 1.807) is 25.1 Å². The zero-order valence-electron chi connectivity index (χ0n) is 18.1. The van der Waals surface area contributed by atoms with Crippen LogP contribution in [0.15, 0.2) is 71.6 Å². The Kier molecular flexibility index (Phi) is 8.37. The number of carbonyl (C=O) groups is 1. The monoisotopic (exact) mass is 506 g/mol. The third-order valence-electron chi connectivity index (χ3n) is 4.84. The number of hydrogen-bond acceptors (Lipinski definition) is 4. The van der Waals surface area contributed by atoms with E-state index >= 15 is 0 Å². The van der Waals surface area contributed by atoms with Crippen LogP contribution in [0.2, 0.25) is 10.0 Å². The van der Waals surface area contributed by atoms with Gasteiger partial charge in [0.15, 0.2) is 0 Å². The summed E-state index contributed by atoms with van der Waals surface area (Å²) in [7, 11) is -4.00. The van der Waals surface area contributed by atoms with Crippen LogP contribution in [0.4, 0.5) is 5.69 Å². The summed E-state index contributed by atoms with van der Waals surface area (Å²) in [5, 5.41) is 3.34. The van der Waals surface area contributed by atoms with Crippen molar-refractivity contribution in [2.24, 2.45) is 0 Å². The highest BCUT2D eigenvalue weighted by molar-refractivity contribution is 7.89. The first-order chi connectivity index (χ1) is 15.7. The van der Waals surface area contributed by atoms with Crippen molar-refractivity contribution in [1.29, 1.82) is 0 Å². The Bertz CT molecular complexity index is 1230. The van der Waals surface area contributed by atoms with E-state index in [9.17, 15) is 13.2 Å². The predicted molar refractivity (Wildman–Crippen MR) is 132 cm³/mol. The molecule has 0 aliphatic rings. The molecule has 6 nitrogen and oxygen atoms in total. The maximum atomic E-state index is 13.1. The minimum Gasteiger partial charge on any atom is -0.494 e. The Morgan fingerprint density at radius 3 is 2.36 bits per heavy atom. The summed E-state index contributed by atoms with van der Waals surface area (Å²) in [6, 6.07) is 17.3. The molecule has 1 amide bonds. The van der Waals surface area contributed by atoms with Crippen LogP contribution in [0.5, 0.6) is 5.75 Å². The van der Waals surface area contributed by atoms with Crippen molar-refractivity contribution >= 4 is 44.8 Å². The number of amides is 1. The highest BCUT2D eigenvalue weighted by Crippen LogP contribution is 2.26. The van der Waals surface area contributed by atoms with Crippen LogP contribution in [-0.4, -0.2) is 27.0 Å². The summed E-state index contributed by atoms with van der Waals surface area (Å²) in [5.74, 6) is 0.0816. The molecule has 1 atom stereocenters. The van der Waals surface area contributed by atoms with Crippen molar-refractivity contribution in [3.63, 3.8) is 0 Å². The maximum absolute atomic E-state index is 13.1. The number of ether oxygens (including phenoxy) is 1. The number of halogens is 2. The highest BCUT2D eigenvalue weighted by atomic mass is 35.5. The molecule has 2 N–H and O–H groups in total. The highest BCUT2D eigenvalue weighted by Gasteiger charge is 2.27. The van der Waals surface area contributed by atoms with Crippen LogP contribution in [0.25, 0.3) is 0 Å². The molecule has 0 saturated heterocycles. The van der Waals surface area contributed by atoms with Gasteiger partial charge in [0.1, 0.15) is 11.8 Å². The summed E-state index contributed by atoms with van der Waals surface area (Å²) < 4.78 is 34.3. The Hall–Kier alpha value is -2.58. The van der Waals surface area contributed by atoms with Gasteiger partial charge in [-0.05, 0) is 67.8 Å². The van der Waals surface area contributed by atoms with Crippen LogP contribution in [0.3, 0.4) is 0 Å². The molecule has 0 aliphatic carbocycles. The van der Waals surface area contributed by atoms with Crippen molar-refractivity contribution in [1.82, 2.24) is 4.72 Å². The van der Waals surface area contributed by atoms with Gasteiger partial charge in [-0.2, -0.15) is 4.72 Å². The molecule has 0 saturated carbocycles. The molecule has 0 spiro atoms.